The molecule has 0 atom stereocenters. The predicted molar refractivity (Wildman–Crippen MR) is 59.2 cm³/mol. The van der Waals surface area contributed by atoms with Gasteiger partial charge in [0.2, 0.25) is 0 Å². The van der Waals surface area contributed by atoms with Gasteiger partial charge in [-0.1, -0.05) is 30.3 Å². The molecule has 0 saturated heterocycles. The predicted octanol–water partition coefficient (Wildman–Crippen LogP) is 2.55. The van der Waals surface area contributed by atoms with E-state index in [0.717, 1.165) is 5.56 Å². The highest BCUT2D eigenvalue weighted by molar-refractivity contribution is 5.88. The fourth-order valence-corrected chi connectivity index (χ4v) is 1.35. The summed E-state index contributed by atoms with van der Waals surface area (Å²) in [5.41, 5.74) is 1.52. The van der Waals surface area contributed by atoms with Crippen LogP contribution in [0.4, 0.5) is 0 Å². The van der Waals surface area contributed by atoms with Gasteiger partial charge < -0.3 is 9.47 Å². The molecule has 0 spiro atoms. The molecule has 1 aromatic carbocycles. The van der Waals surface area contributed by atoms with Gasteiger partial charge in [0.1, 0.15) is 12.9 Å². The van der Waals surface area contributed by atoms with E-state index in [9.17, 15) is 4.79 Å². The summed E-state index contributed by atoms with van der Waals surface area (Å²) >= 11 is 0. The summed E-state index contributed by atoms with van der Waals surface area (Å²) in [6.07, 6.45) is 5.31. The van der Waals surface area contributed by atoms with Crippen molar-refractivity contribution in [2.24, 2.45) is 0 Å². The minimum atomic E-state index is -0.326. The number of esters is 1. The highest BCUT2D eigenvalue weighted by Gasteiger charge is 2.12. The van der Waals surface area contributed by atoms with Gasteiger partial charge in [0.15, 0.2) is 0 Å². The van der Waals surface area contributed by atoms with E-state index >= 15 is 0 Å². The first-order valence-electron chi connectivity index (χ1n) is 5.07. The second-order valence-corrected chi connectivity index (χ2v) is 3.42. The maximum atomic E-state index is 11.6. The minimum Gasteiger partial charge on any atom is -0.472 e. The molecular formula is C13H12O3. The lowest BCUT2D eigenvalue weighted by Crippen LogP contribution is -2.09. The molecule has 16 heavy (non-hydrogen) atoms. The Bertz CT molecular complexity index is 418. The van der Waals surface area contributed by atoms with Crippen molar-refractivity contribution in [3.05, 3.63) is 60.1 Å². The van der Waals surface area contributed by atoms with E-state index < -0.39 is 0 Å². The second-order valence-electron chi connectivity index (χ2n) is 3.42. The summed E-state index contributed by atoms with van der Waals surface area (Å²) in [4.78, 5) is 11.6. The van der Waals surface area contributed by atoms with Crippen molar-refractivity contribution in [1.29, 1.82) is 0 Å². The van der Waals surface area contributed by atoms with Crippen LogP contribution in [0.25, 0.3) is 0 Å². The summed E-state index contributed by atoms with van der Waals surface area (Å²) in [7, 11) is 0. The van der Waals surface area contributed by atoms with Gasteiger partial charge in [0.05, 0.1) is 11.8 Å². The van der Waals surface area contributed by atoms with E-state index in [-0.39, 0.29) is 5.97 Å². The van der Waals surface area contributed by atoms with Gasteiger partial charge in [0, 0.05) is 6.42 Å². The van der Waals surface area contributed by atoms with E-state index in [0.29, 0.717) is 18.6 Å². The number of rotatable bonds is 3. The van der Waals surface area contributed by atoms with Crippen LogP contribution in [0.5, 0.6) is 0 Å². The number of hydrogen-bond acceptors (Lipinski definition) is 3. The van der Waals surface area contributed by atoms with Crippen LogP contribution in [-0.4, -0.2) is 5.97 Å². The molecule has 0 unspecified atom stereocenters. The first-order chi connectivity index (χ1) is 7.86. The Morgan fingerprint density at radius 3 is 2.81 bits per heavy atom. The van der Waals surface area contributed by atoms with Gasteiger partial charge in [-0.2, -0.15) is 0 Å². The Hall–Kier alpha value is -2.03. The third-order valence-electron chi connectivity index (χ3n) is 2.20. The quantitative estimate of drug-likeness (QED) is 0.728. The summed E-state index contributed by atoms with van der Waals surface area (Å²) < 4.78 is 10.1. The van der Waals surface area contributed by atoms with Crippen molar-refractivity contribution in [2.75, 3.05) is 0 Å². The molecule has 0 amide bonds. The lowest BCUT2D eigenvalue weighted by Gasteiger charge is -2.08. The molecule has 0 radical (unpaired) electrons. The maximum absolute atomic E-state index is 11.6. The van der Waals surface area contributed by atoms with E-state index in [1.165, 1.54) is 6.26 Å². The van der Waals surface area contributed by atoms with Crippen LogP contribution in [0, 0.1) is 0 Å². The Labute approximate surface area is 94.0 Å². The third-order valence-corrected chi connectivity index (χ3v) is 2.20. The largest absolute Gasteiger partial charge is 0.472 e. The molecule has 3 heteroatoms. The molecule has 2 rings (SSSR count). The van der Waals surface area contributed by atoms with Crippen molar-refractivity contribution >= 4 is 5.97 Å². The maximum Gasteiger partial charge on any atom is 0.337 e. The molecule has 0 saturated carbocycles. The number of ether oxygens (including phenoxy) is 2. The van der Waals surface area contributed by atoms with Crippen LogP contribution >= 0.6 is 0 Å². The zero-order valence-corrected chi connectivity index (χ0v) is 8.76. The van der Waals surface area contributed by atoms with Crippen LogP contribution < -0.4 is 0 Å². The molecule has 0 N–H and O–H groups in total. The fourth-order valence-electron chi connectivity index (χ4n) is 1.35. The zero-order chi connectivity index (χ0) is 11.2. The molecular weight excluding hydrogens is 204 g/mol. The van der Waals surface area contributed by atoms with Crippen LogP contribution in [0.15, 0.2) is 54.5 Å². The standard InChI is InChI=1S/C13H12O3/c14-13(12-7-4-8-15-10-12)16-9-11-5-2-1-3-6-11/h1-6,8,10H,7,9H2. The van der Waals surface area contributed by atoms with Gasteiger partial charge in [-0.15, -0.1) is 0 Å². The van der Waals surface area contributed by atoms with E-state index in [1.54, 1.807) is 12.3 Å². The van der Waals surface area contributed by atoms with Gasteiger partial charge >= 0.3 is 5.97 Å². The van der Waals surface area contributed by atoms with Crippen molar-refractivity contribution in [3.8, 4) is 0 Å². The van der Waals surface area contributed by atoms with Crippen molar-refractivity contribution < 1.29 is 14.3 Å². The molecule has 1 heterocycles. The monoisotopic (exact) mass is 216 g/mol. The van der Waals surface area contributed by atoms with Gasteiger partial charge in [-0.3, -0.25) is 0 Å². The Morgan fingerprint density at radius 1 is 1.31 bits per heavy atom. The lowest BCUT2D eigenvalue weighted by molar-refractivity contribution is -0.140. The summed E-state index contributed by atoms with van der Waals surface area (Å²) in [6, 6.07) is 9.58. The topological polar surface area (TPSA) is 35.5 Å². The highest BCUT2D eigenvalue weighted by atomic mass is 16.5. The van der Waals surface area contributed by atoms with E-state index in [2.05, 4.69) is 0 Å². The van der Waals surface area contributed by atoms with Crippen LogP contribution in [0.3, 0.4) is 0 Å². The van der Waals surface area contributed by atoms with Crippen molar-refractivity contribution in [3.63, 3.8) is 0 Å². The summed E-state index contributed by atoms with van der Waals surface area (Å²) in [5.74, 6) is -0.326. The smallest absolute Gasteiger partial charge is 0.337 e. The van der Waals surface area contributed by atoms with E-state index in [4.69, 9.17) is 9.47 Å². The molecule has 0 fully saturated rings. The van der Waals surface area contributed by atoms with Crippen LogP contribution in [0.1, 0.15) is 12.0 Å². The fraction of sp³-hybridized carbons (Fsp3) is 0.154. The minimum absolute atomic E-state index is 0.292. The first kappa shape index (κ1) is 10.5. The summed E-state index contributed by atoms with van der Waals surface area (Å²) in [5, 5.41) is 0. The van der Waals surface area contributed by atoms with Crippen molar-refractivity contribution in [1.82, 2.24) is 0 Å². The molecule has 0 bridgehead atoms. The SMILES string of the molecule is O=C(OCc1ccccc1)C1=COC=CC1. The molecule has 82 valence electrons. The zero-order valence-electron chi connectivity index (χ0n) is 8.76. The highest BCUT2D eigenvalue weighted by Crippen LogP contribution is 2.12. The number of allylic oxidation sites excluding steroid dienone is 1. The Morgan fingerprint density at radius 2 is 2.12 bits per heavy atom. The van der Waals surface area contributed by atoms with Crippen LogP contribution in [-0.2, 0) is 20.9 Å². The normalized spacial score (nSPS) is 13.9. The van der Waals surface area contributed by atoms with Gasteiger partial charge in [-0.05, 0) is 11.6 Å². The van der Waals surface area contributed by atoms with Gasteiger partial charge in [-0.25, -0.2) is 4.79 Å². The molecule has 1 aromatic rings. The molecule has 1 aliphatic heterocycles. The molecule has 0 aromatic heterocycles. The van der Waals surface area contributed by atoms with Crippen LogP contribution in [0.2, 0.25) is 0 Å². The second kappa shape index (κ2) is 5.16. The van der Waals surface area contributed by atoms with Crippen molar-refractivity contribution in [2.45, 2.75) is 13.0 Å². The average Bonchev–Trinajstić information content (AvgIpc) is 2.38. The average molecular weight is 216 g/mol. The number of carbonyl (C=O) groups excluding carboxylic acids is 1. The Kier molecular flexibility index (Phi) is 3.38. The van der Waals surface area contributed by atoms with Gasteiger partial charge in [0.25, 0.3) is 0 Å². The Balaban J connectivity index is 1.87. The molecule has 1 aliphatic rings. The lowest BCUT2D eigenvalue weighted by atomic mass is 10.2. The number of hydrogen-bond donors (Lipinski definition) is 0. The molecule has 3 nitrogen and oxygen atoms in total. The van der Waals surface area contributed by atoms with E-state index in [1.807, 2.05) is 30.3 Å². The summed E-state index contributed by atoms with van der Waals surface area (Å²) in [6.45, 7) is 0.292. The first-order valence-corrected chi connectivity index (χ1v) is 5.07. The number of carbonyl (C=O) groups is 1. The third kappa shape index (κ3) is 2.73. The number of benzene rings is 1. The molecule has 0 aliphatic carbocycles.